The van der Waals surface area contributed by atoms with Gasteiger partial charge in [-0.05, 0) is 42.5 Å². The average Bonchev–Trinajstić information content (AvgIpc) is 3.04. The standard InChI is InChI=1S/C18H14ClNO3/c19-14-5-1-4-13(9-14)18(22)20-15-6-2-3-12(10-15)17-8-7-16(11-21)23-17/h1-10,21H,11H2,(H,20,22). The van der Waals surface area contributed by atoms with E-state index in [9.17, 15) is 4.79 Å². The molecule has 0 aliphatic rings. The first-order valence-electron chi connectivity index (χ1n) is 7.02. The minimum atomic E-state index is -0.236. The van der Waals surface area contributed by atoms with E-state index in [0.29, 0.717) is 27.8 Å². The molecule has 23 heavy (non-hydrogen) atoms. The Kier molecular flexibility index (Phi) is 4.46. The summed E-state index contributed by atoms with van der Waals surface area (Å²) in [4.78, 5) is 12.2. The second kappa shape index (κ2) is 6.69. The van der Waals surface area contributed by atoms with Gasteiger partial charge in [0.2, 0.25) is 0 Å². The van der Waals surface area contributed by atoms with Gasteiger partial charge in [0.1, 0.15) is 18.1 Å². The molecule has 1 aromatic heterocycles. The summed E-state index contributed by atoms with van der Waals surface area (Å²) in [5, 5.41) is 12.4. The molecule has 1 heterocycles. The van der Waals surface area contributed by atoms with Gasteiger partial charge in [-0.15, -0.1) is 0 Å². The smallest absolute Gasteiger partial charge is 0.255 e. The zero-order valence-corrected chi connectivity index (χ0v) is 12.9. The number of benzene rings is 2. The van der Waals surface area contributed by atoms with Crippen molar-refractivity contribution in [2.75, 3.05) is 5.32 Å². The lowest BCUT2D eigenvalue weighted by atomic mass is 10.1. The molecule has 116 valence electrons. The number of nitrogens with one attached hydrogen (secondary N) is 1. The van der Waals surface area contributed by atoms with E-state index in [1.54, 1.807) is 42.5 Å². The Labute approximate surface area is 138 Å². The van der Waals surface area contributed by atoms with Gasteiger partial charge in [0.05, 0.1) is 0 Å². The molecule has 0 unspecified atom stereocenters. The number of carbonyl (C=O) groups is 1. The first kappa shape index (κ1) is 15.3. The van der Waals surface area contributed by atoms with Crippen molar-refractivity contribution in [3.8, 4) is 11.3 Å². The second-order valence-electron chi connectivity index (χ2n) is 4.97. The molecule has 2 N–H and O–H groups in total. The SMILES string of the molecule is O=C(Nc1cccc(-c2ccc(CO)o2)c1)c1cccc(Cl)c1. The summed E-state index contributed by atoms with van der Waals surface area (Å²) in [7, 11) is 0. The fraction of sp³-hybridized carbons (Fsp3) is 0.0556. The summed E-state index contributed by atoms with van der Waals surface area (Å²) in [5.74, 6) is 0.890. The van der Waals surface area contributed by atoms with Gasteiger partial charge in [-0.1, -0.05) is 29.8 Å². The molecule has 5 heteroatoms. The molecule has 0 saturated heterocycles. The van der Waals surface area contributed by atoms with E-state index in [1.165, 1.54) is 0 Å². The van der Waals surface area contributed by atoms with E-state index in [-0.39, 0.29) is 12.5 Å². The molecule has 3 aromatic rings. The van der Waals surface area contributed by atoms with E-state index < -0.39 is 0 Å². The van der Waals surface area contributed by atoms with Crippen LogP contribution in [0.4, 0.5) is 5.69 Å². The molecule has 0 radical (unpaired) electrons. The molecular weight excluding hydrogens is 314 g/mol. The zero-order chi connectivity index (χ0) is 16.2. The predicted octanol–water partition coefficient (Wildman–Crippen LogP) is 4.34. The summed E-state index contributed by atoms with van der Waals surface area (Å²) in [5.41, 5.74) is 1.95. The number of rotatable bonds is 4. The third-order valence-corrected chi connectivity index (χ3v) is 3.54. The minimum absolute atomic E-state index is 0.148. The highest BCUT2D eigenvalue weighted by Gasteiger charge is 2.09. The number of amides is 1. The number of aliphatic hydroxyl groups excluding tert-OH is 1. The minimum Gasteiger partial charge on any atom is -0.459 e. The number of carbonyl (C=O) groups excluding carboxylic acids is 1. The first-order chi connectivity index (χ1) is 11.2. The Hall–Kier alpha value is -2.56. The van der Waals surface area contributed by atoms with Crippen LogP contribution in [0.2, 0.25) is 5.02 Å². The maximum atomic E-state index is 12.2. The highest BCUT2D eigenvalue weighted by atomic mass is 35.5. The highest BCUT2D eigenvalue weighted by molar-refractivity contribution is 6.31. The second-order valence-corrected chi connectivity index (χ2v) is 5.41. The molecule has 3 rings (SSSR count). The Morgan fingerprint density at radius 3 is 2.65 bits per heavy atom. The molecule has 0 saturated carbocycles. The van der Waals surface area contributed by atoms with Crippen molar-refractivity contribution in [3.05, 3.63) is 77.0 Å². The van der Waals surface area contributed by atoms with Crippen molar-refractivity contribution in [3.63, 3.8) is 0 Å². The van der Waals surface area contributed by atoms with Crippen LogP contribution < -0.4 is 5.32 Å². The van der Waals surface area contributed by atoms with Crippen LogP contribution in [-0.4, -0.2) is 11.0 Å². The van der Waals surface area contributed by atoms with E-state index in [2.05, 4.69) is 5.32 Å². The molecule has 0 fully saturated rings. The highest BCUT2D eigenvalue weighted by Crippen LogP contribution is 2.25. The topological polar surface area (TPSA) is 62.5 Å². The molecule has 0 aliphatic carbocycles. The lowest BCUT2D eigenvalue weighted by Gasteiger charge is -2.07. The average molecular weight is 328 g/mol. The number of aliphatic hydroxyl groups is 1. The lowest BCUT2D eigenvalue weighted by molar-refractivity contribution is 0.102. The van der Waals surface area contributed by atoms with Gasteiger partial charge in [-0.2, -0.15) is 0 Å². The molecule has 0 atom stereocenters. The van der Waals surface area contributed by atoms with E-state index in [4.69, 9.17) is 21.1 Å². The van der Waals surface area contributed by atoms with Crippen LogP contribution in [0.1, 0.15) is 16.1 Å². The van der Waals surface area contributed by atoms with E-state index in [0.717, 1.165) is 5.56 Å². The summed E-state index contributed by atoms with van der Waals surface area (Å²) in [6, 6.07) is 17.5. The first-order valence-corrected chi connectivity index (χ1v) is 7.40. The Bertz CT molecular complexity index is 842. The third-order valence-electron chi connectivity index (χ3n) is 3.31. The van der Waals surface area contributed by atoms with Gasteiger partial charge >= 0.3 is 0 Å². The Morgan fingerprint density at radius 1 is 1.09 bits per heavy atom. The molecule has 2 aromatic carbocycles. The summed E-state index contributed by atoms with van der Waals surface area (Å²) in [6.45, 7) is -0.148. The van der Waals surface area contributed by atoms with Crippen LogP contribution in [0.3, 0.4) is 0 Å². The van der Waals surface area contributed by atoms with E-state index in [1.807, 2.05) is 18.2 Å². The van der Waals surface area contributed by atoms with Crippen LogP contribution in [0, 0.1) is 0 Å². The van der Waals surface area contributed by atoms with Crippen molar-refractivity contribution < 1.29 is 14.3 Å². The number of furan rings is 1. The molecule has 1 amide bonds. The van der Waals surface area contributed by atoms with Gasteiger partial charge in [0.25, 0.3) is 5.91 Å². The summed E-state index contributed by atoms with van der Waals surface area (Å²) >= 11 is 5.90. The molecule has 0 aliphatic heterocycles. The number of anilines is 1. The number of hydrogen-bond acceptors (Lipinski definition) is 3. The van der Waals surface area contributed by atoms with E-state index >= 15 is 0 Å². The van der Waals surface area contributed by atoms with Crippen LogP contribution >= 0.6 is 11.6 Å². The fourth-order valence-corrected chi connectivity index (χ4v) is 2.39. The maximum absolute atomic E-state index is 12.2. The monoisotopic (exact) mass is 327 g/mol. The summed E-state index contributed by atoms with van der Waals surface area (Å²) < 4.78 is 5.50. The summed E-state index contributed by atoms with van der Waals surface area (Å²) in [6.07, 6.45) is 0. The Balaban J connectivity index is 1.81. The van der Waals surface area contributed by atoms with Gasteiger partial charge < -0.3 is 14.8 Å². The largest absolute Gasteiger partial charge is 0.459 e. The number of halogens is 1. The van der Waals surface area contributed by atoms with Crippen LogP contribution in [0.15, 0.2) is 65.1 Å². The zero-order valence-electron chi connectivity index (χ0n) is 12.1. The van der Waals surface area contributed by atoms with Crippen molar-refractivity contribution in [2.45, 2.75) is 6.61 Å². The van der Waals surface area contributed by atoms with Crippen molar-refractivity contribution in [1.82, 2.24) is 0 Å². The lowest BCUT2D eigenvalue weighted by Crippen LogP contribution is -2.11. The number of hydrogen-bond donors (Lipinski definition) is 2. The van der Waals surface area contributed by atoms with Crippen molar-refractivity contribution >= 4 is 23.2 Å². The maximum Gasteiger partial charge on any atom is 0.255 e. The molecule has 4 nitrogen and oxygen atoms in total. The molecule has 0 spiro atoms. The molecular formula is C18H14ClNO3. The van der Waals surface area contributed by atoms with Crippen LogP contribution in [0.5, 0.6) is 0 Å². The van der Waals surface area contributed by atoms with Crippen LogP contribution in [-0.2, 0) is 6.61 Å². The van der Waals surface area contributed by atoms with Crippen molar-refractivity contribution in [1.29, 1.82) is 0 Å². The third kappa shape index (κ3) is 3.62. The van der Waals surface area contributed by atoms with Gasteiger partial charge in [0, 0.05) is 21.8 Å². The van der Waals surface area contributed by atoms with Gasteiger partial charge in [0.15, 0.2) is 0 Å². The Morgan fingerprint density at radius 2 is 1.91 bits per heavy atom. The normalized spacial score (nSPS) is 10.5. The fourth-order valence-electron chi connectivity index (χ4n) is 2.20. The predicted molar refractivity (Wildman–Crippen MR) is 89.5 cm³/mol. The van der Waals surface area contributed by atoms with Crippen LogP contribution in [0.25, 0.3) is 11.3 Å². The molecule has 0 bridgehead atoms. The van der Waals surface area contributed by atoms with Crippen molar-refractivity contribution in [2.24, 2.45) is 0 Å². The van der Waals surface area contributed by atoms with Gasteiger partial charge in [-0.3, -0.25) is 4.79 Å². The van der Waals surface area contributed by atoms with Gasteiger partial charge in [-0.25, -0.2) is 0 Å². The quantitative estimate of drug-likeness (QED) is 0.749.